The van der Waals surface area contributed by atoms with Crippen molar-refractivity contribution in [1.82, 2.24) is 0 Å². The van der Waals surface area contributed by atoms with E-state index in [0.717, 1.165) is 5.57 Å². The van der Waals surface area contributed by atoms with E-state index in [1.807, 2.05) is 17.8 Å². The predicted molar refractivity (Wildman–Crippen MR) is 85.0 cm³/mol. The monoisotopic (exact) mass is 297 g/mol. The molecule has 0 amide bonds. The van der Waals surface area contributed by atoms with Crippen molar-refractivity contribution in [2.24, 2.45) is 10.9 Å². The second kappa shape index (κ2) is 4.60. The lowest BCUT2D eigenvalue weighted by molar-refractivity contribution is -0.132. The van der Waals surface area contributed by atoms with Gasteiger partial charge in [-0.1, -0.05) is 37.3 Å². The Morgan fingerprint density at radius 1 is 1.33 bits per heavy atom. The molecule has 0 fully saturated rings. The lowest BCUT2D eigenvalue weighted by Gasteiger charge is -2.35. The summed E-state index contributed by atoms with van der Waals surface area (Å²) >= 11 is 1.86. The number of cyclic esters (lactones) is 1. The van der Waals surface area contributed by atoms with Crippen molar-refractivity contribution >= 4 is 23.6 Å². The van der Waals surface area contributed by atoms with Crippen LogP contribution in [0.1, 0.15) is 13.8 Å². The minimum absolute atomic E-state index is 0.105. The minimum Gasteiger partial charge on any atom is -0.409 e. The van der Waals surface area contributed by atoms with Gasteiger partial charge in [-0.25, -0.2) is 9.79 Å². The van der Waals surface area contributed by atoms with Gasteiger partial charge in [0.2, 0.25) is 0 Å². The third-order valence-corrected chi connectivity index (χ3v) is 5.58. The van der Waals surface area contributed by atoms with Crippen LogP contribution in [0.5, 0.6) is 0 Å². The van der Waals surface area contributed by atoms with Crippen molar-refractivity contribution in [3.05, 3.63) is 58.1 Å². The molecule has 2 heterocycles. The van der Waals surface area contributed by atoms with E-state index in [1.165, 1.54) is 10.5 Å². The molecule has 2 aliphatic heterocycles. The Kier molecular flexibility index (Phi) is 2.82. The molecule has 0 N–H and O–H groups in total. The van der Waals surface area contributed by atoms with Gasteiger partial charge < -0.3 is 4.74 Å². The predicted octanol–water partition coefficient (Wildman–Crippen LogP) is 3.33. The number of hydrogen-bond donors (Lipinski definition) is 0. The molecular weight excluding hydrogens is 282 g/mol. The third-order valence-electron chi connectivity index (χ3n) is 4.17. The van der Waals surface area contributed by atoms with Crippen LogP contribution in [0.3, 0.4) is 0 Å². The lowest BCUT2D eigenvalue weighted by Crippen LogP contribution is -2.35. The zero-order valence-electron chi connectivity index (χ0n) is 11.9. The number of thioether (sulfide) groups is 1. The Bertz CT molecular complexity index is 721. The van der Waals surface area contributed by atoms with E-state index >= 15 is 0 Å². The first-order valence-electron chi connectivity index (χ1n) is 7.09. The highest BCUT2D eigenvalue weighted by Gasteiger charge is 2.39. The van der Waals surface area contributed by atoms with Crippen LogP contribution in [-0.4, -0.2) is 23.2 Å². The summed E-state index contributed by atoms with van der Waals surface area (Å²) in [6.45, 7) is 3.90. The van der Waals surface area contributed by atoms with Crippen molar-refractivity contribution in [2.45, 2.75) is 25.1 Å². The van der Waals surface area contributed by atoms with Gasteiger partial charge in [-0.05, 0) is 22.1 Å². The molecule has 3 unspecified atom stereocenters. The fourth-order valence-corrected chi connectivity index (χ4v) is 4.49. The smallest absolute Gasteiger partial charge is 0.342 e. The van der Waals surface area contributed by atoms with E-state index in [9.17, 15) is 4.79 Å². The number of hydrogen-bond acceptors (Lipinski definition) is 4. The van der Waals surface area contributed by atoms with Crippen molar-refractivity contribution in [3.8, 4) is 0 Å². The molecule has 2 bridgehead atoms. The molecule has 4 aliphatic rings. The summed E-state index contributed by atoms with van der Waals surface area (Å²) in [4.78, 5) is 18.0. The molecule has 21 heavy (non-hydrogen) atoms. The summed E-state index contributed by atoms with van der Waals surface area (Å²) in [5, 5.41) is 0.367. The number of fused-ring (bicyclic) bond motifs is 3. The van der Waals surface area contributed by atoms with Crippen LogP contribution in [0.4, 0.5) is 0 Å². The average molecular weight is 297 g/mol. The molecule has 3 nitrogen and oxygen atoms in total. The topological polar surface area (TPSA) is 38.7 Å². The van der Waals surface area contributed by atoms with E-state index in [0.29, 0.717) is 16.7 Å². The number of rotatable bonds is 0. The molecule has 0 saturated carbocycles. The highest BCUT2D eigenvalue weighted by atomic mass is 32.2. The van der Waals surface area contributed by atoms with Crippen LogP contribution < -0.4 is 0 Å². The van der Waals surface area contributed by atoms with Crippen molar-refractivity contribution < 1.29 is 9.53 Å². The zero-order chi connectivity index (χ0) is 14.6. The van der Waals surface area contributed by atoms with Gasteiger partial charge in [-0.15, -0.1) is 11.8 Å². The fourth-order valence-electron chi connectivity index (χ4n) is 3.16. The Balaban J connectivity index is 1.86. The van der Waals surface area contributed by atoms with E-state index in [-0.39, 0.29) is 17.9 Å². The Morgan fingerprint density at radius 3 is 3.05 bits per heavy atom. The van der Waals surface area contributed by atoms with Crippen LogP contribution in [0.15, 0.2) is 63.1 Å². The maximum absolute atomic E-state index is 12.1. The SMILES string of the molecule is CC1=NC2C(=CC3=C(SC4C=CC=CC3=C4)C2C)C(=O)O1. The van der Waals surface area contributed by atoms with Crippen molar-refractivity contribution in [1.29, 1.82) is 0 Å². The van der Waals surface area contributed by atoms with Crippen molar-refractivity contribution in [3.63, 3.8) is 0 Å². The number of carbonyl (C=O) groups excluding carboxylic acids is 1. The number of nitrogens with zero attached hydrogens (tertiary/aromatic N) is 1. The van der Waals surface area contributed by atoms with Gasteiger partial charge in [0.15, 0.2) is 5.90 Å². The standard InChI is InChI=1S/C17H15NO2S/c1-9-15-14(17(19)20-10(2)18-15)8-13-11-5-3-4-6-12(7-11)21-16(9)13/h3-9,12,15H,1-2H3. The van der Waals surface area contributed by atoms with E-state index in [2.05, 4.69) is 42.3 Å². The quantitative estimate of drug-likeness (QED) is 0.644. The van der Waals surface area contributed by atoms with E-state index < -0.39 is 0 Å². The van der Waals surface area contributed by atoms with Gasteiger partial charge in [0, 0.05) is 18.1 Å². The average Bonchev–Trinajstić information content (AvgIpc) is 2.64. The Labute approximate surface area is 127 Å². The summed E-state index contributed by atoms with van der Waals surface area (Å²) in [7, 11) is 0. The second-order valence-electron chi connectivity index (χ2n) is 5.60. The number of esters is 1. The first-order valence-corrected chi connectivity index (χ1v) is 7.97. The van der Waals surface area contributed by atoms with Gasteiger partial charge in [0.05, 0.1) is 11.6 Å². The maximum atomic E-state index is 12.1. The van der Waals surface area contributed by atoms with Crippen LogP contribution in [0, 0.1) is 5.92 Å². The maximum Gasteiger partial charge on any atom is 0.342 e. The summed E-state index contributed by atoms with van der Waals surface area (Å²) in [6.07, 6.45) is 12.7. The van der Waals surface area contributed by atoms with Gasteiger partial charge in [-0.3, -0.25) is 0 Å². The minimum atomic E-state index is -0.255. The van der Waals surface area contributed by atoms with Crippen LogP contribution >= 0.6 is 11.8 Å². The Hall–Kier alpha value is -1.81. The molecule has 4 heteroatoms. The fraction of sp³-hybridized carbons (Fsp3) is 0.294. The molecular formula is C17H15NO2S. The molecule has 3 atom stereocenters. The van der Waals surface area contributed by atoms with E-state index in [4.69, 9.17) is 4.74 Å². The van der Waals surface area contributed by atoms with Gasteiger partial charge in [0.1, 0.15) is 0 Å². The zero-order valence-corrected chi connectivity index (χ0v) is 12.7. The normalized spacial score (nSPS) is 33.3. The second-order valence-corrected chi connectivity index (χ2v) is 6.82. The van der Waals surface area contributed by atoms with Gasteiger partial charge in [-0.2, -0.15) is 0 Å². The molecule has 0 saturated heterocycles. The molecule has 0 aromatic heterocycles. The lowest BCUT2D eigenvalue weighted by atomic mass is 9.83. The first kappa shape index (κ1) is 12.9. The highest BCUT2D eigenvalue weighted by Crippen LogP contribution is 2.47. The number of aliphatic imine (C=N–C) groups is 1. The summed E-state index contributed by atoms with van der Waals surface area (Å²) in [6, 6.07) is -0.105. The summed E-state index contributed by atoms with van der Waals surface area (Å²) in [5.41, 5.74) is 3.02. The van der Waals surface area contributed by atoms with Gasteiger partial charge in [0.25, 0.3) is 0 Å². The highest BCUT2D eigenvalue weighted by molar-refractivity contribution is 8.04. The summed E-state index contributed by atoms with van der Waals surface area (Å²) in [5.74, 6) is 0.420. The number of carbonyl (C=O) groups is 1. The largest absolute Gasteiger partial charge is 0.409 e. The first-order chi connectivity index (χ1) is 10.1. The summed E-state index contributed by atoms with van der Waals surface area (Å²) < 4.78 is 5.18. The molecule has 106 valence electrons. The molecule has 0 spiro atoms. The third kappa shape index (κ3) is 1.97. The number of ether oxygens (including phenoxy) is 1. The van der Waals surface area contributed by atoms with Crippen LogP contribution in [0.2, 0.25) is 0 Å². The molecule has 0 aromatic carbocycles. The van der Waals surface area contributed by atoms with Crippen LogP contribution in [0.25, 0.3) is 0 Å². The number of allylic oxidation sites excluding steroid dienone is 6. The molecule has 2 aliphatic carbocycles. The van der Waals surface area contributed by atoms with E-state index in [1.54, 1.807) is 6.92 Å². The molecule has 4 rings (SSSR count). The molecule has 0 radical (unpaired) electrons. The Morgan fingerprint density at radius 2 is 2.19 bits per heavy atom. The van der Waals surface area contributed by atoms with Crippen molar-refractivity contribution in [2.75, 3.05) is 0 Å². The van der Waals surface area contributed by atoms with Crippen LogP contribution in [-0.2, 0) is 9.53 Å². The molecule has 0 aromatic rings. The van der Waals surface area contributed by atoms with Gasteiger partial charge >= 0.3 is 5.97 Å².